The Balaban J connectivity index is 2.17. The van der Waals surface area contributed by atoms with Crippen LogP contribution in [0.2, 0.25) is 0 Å². The SMILES string of the molecule is COC(=O)c1ccc(C)c(NC(=O)C(NC(=O)c2cccs2)C(C)C)c1. The van der Waals surface area contributed by atoms with E-state index in [0.717, 1.165) is 5.56 Å². The lowest BCUT2D eigenvalue weighted by molar-refractivity contribution is -0.118. The van der Waals surface area contributed by atoms with Crippen molar-refractivity contribution in [1.82, 2.24) is 5.32 Å². The number of benzene rings is 1. The third-order valence-electron chi connectivity index (χ3n) is 3.90. The summed E-state index contributed by atoms with van der Waals surface area (Å²) in [6, 6.07) is 7.72. The Hall–Kier alpha value is -2.67. The molecule has 7 heteroatoms. The van der Waals surface area contributed by atoms with Crippen LogP contribution in [0.25, 0.3) is 0 Å². The van der Waals surface area contributed by atoms with Crippen molar-refractivity contribution in [2.24, 2.45) is 5.92 Å². The minimum atomic E-state index is -0.703. The molecule has 1 aromatic heterocycles. The molecule has 0 radical (unpaired) electrons. The molecule has 0 fully saturated rings. The van der Waals surface area contributed by atoms with Gasteiger partial charge in [-0.15, -0.1) is 11.3 Å². The molecule has 1 atom stereocenters. The first kappa shape index (κ1) is 19.7. The second-order valence-electron chi connectivity index (χ2n) is 6.18. The summed E-state index contributed by atoms with van der Waals surface area (Å²) < 4.78 is 4.71. The summed E-state index contributed by atoms with van der Waals surface area (Å²) >= 11 is 1.32. The van der Waals surface area contributed by atoms with Crippen LogP contribution in [0.1, 0.15) is 39.4 Å². The van der Waals surface area contributed by atoms with Crippen molar-refractivity contribution in [3.8, 4) is 0 Å². The van der Waals surface area contributed by atoms with Gasteiger partial charge in [-0.05, 0) is 42.0 Å². The average Bonchev–Trinajstić information content (AvgIpc) is 3.15. The zero-order valence-corrected chi connectivity index (χ0v) is 16.0. The number of hydrogen-bond donors (Lipinski definition) is 2. The fraction of sp³-hybridized carbons (Fsp3) is 0.316. The Morgan fingerprint density at radius 3 is 2.46 bits per heavy atom. The van der Waals surface area contributed by atoms with Crippen LogP contribution in [0.4, 0.5) is 5.69 Å². The molecule has 0 aliphatic rings. The quantitative estimate of drug-likeness (QED) is 0.760. The molecule has 0 aliphatic heterocycles. The zero-order valence-electron chi connectivity index (χ0n) is 15.2. The number of carbonyl (C=O) groups is 3. The van der Waals surface area contributed by atoms with E-state index in [9.17, 15) is 14.4 Å². The van der Waals surface area contributed by atoms with Gasteiger partial charge in [-0.1, -0.05) is 26.0 Å². The van der Waals surface area contributed by atoms with E-state index in [1.54, 1.807) is 35.7 Å². The summed E-state index contributed by atoms with van der Waals surface area (Å²) in [4.78, 5) is 37.2. The molecule has 1 aromatic carbocycles. The summed E-state index contributed by atoms with van der Waals surface area (Å²) in [6.45, 7) is 5.54. The normalized spacial score (nSPS) is 11.7. The number of aryl methyl sites for hydroxylation is 1. The van der Waals surface area contributed by atoms with Crippen molar-refractivity contribution >= 4 is 34.8 Å². The molecular formula is C19H22N2O4S. The predicted molar refractivity (Wildman–Crippen MR) is 102 cm³/mol. The second-order valence-corrected chi connectivity index (χ2v) is 7.13. The lowest BCUT2D eigenvalue weighted by atomic mass is 10.0. The first-order chi connectivity index (χ1) is 12.3. The smallest absolute Gasteiger partial charge is 0.337 e. The molecule has 2 aromatic rings. The largest absolute Gasteiger partial charge is 0.465 e. The van der Waals surface area contributed by atoms with Gasteiger partial charge in [-0.25, -0.2) is 4.79 Å². The second kappa shape index (κ2) is 8.62. The van der Waals surface area contributed by atoms with Crippen LogP contribution < -0.4 is 10.6 Å². The molecule has 138 valence electrons. The molecule has 2 rings (SSSR count). The number of hydrogen-bond acceptors (Lipinski definition) is 5. The van der Waals surface area contributed by atoms with E-state index in [-0.39, 0.29) is 17.7 Å². The maximum Gasteiger partial charge on any atom is 0.337 e. The van der Waals surface area contributed by atoms with E-state index in [1.807, 2.05) is 20.8 Å². The van der Waals surface area contributed by atoms with Crippen molar-refractivity contribution < 1.29 is 19.1 Å². The zero-order chi connectivity index (χ0) is 19.3. The van der Waals surface area contributed by atoms with Crippen molar-refractivity contribution in [3.05, 3.63) is 51.7 Å². The van der Waals surface area contributed by atoms with Gasteiger partial charge in [0.25, 0.3) is 5.91 Å². The predicted octanol–water partition coefficient (Wildman–Crippen LogP) is 3.24. The number of rotatable bonds is 6. The molecule has 1 heterocycles. The fourth-order valence-corrected chi connectivity index (χ4v) is 2.99. The van der Waals surface area contributed by atoms with Gasteiger partial charge >= 0.3 is 5.97 Å². The summed E-state index contributed by atoms with van der Waals surface area (Å²) in [7, 11) is 1.30. The highest BCUT2D eigenvalue weighted by atomic mass is 32.1. The minimum Gasteiger partial charge on any atom is -0.465 e. The van der Waals surface area contributed by atoms with Crippen LogP contribution in [-0.4, -0.2) is 30.9 Å². The number of carbonyl (C=O) groups excluding carboxylic acids is 3. The number of methoxy groups -OCH3 is 1. The maximum atomic E-state index is 12.7. The summed E-state index contributed by atoms with van der Waals surface area (Å²) in [5, 5.41) is 7.38. The average molecular weight is 374 g/mol. The number of nitrogens with one attached hydrogen (secondary N) is 2. The molecule has 0 spiro atoms. The van der Waals surface area contributed by atoms with Crippen LogP contribution in [0, 0.1) is 12.8 Å². The third kappa shape index (κ3) is 4.70. The molecule has 2 amide bonds. The van der Waals surface area contributed by atoms with Crippen molar-refractivity contribution in [2.45, 2.75) is 26.8 Å². The highest BCUT2D eigenvalue weighted by molar-refractivity contribution is 7.12. The van der Waals surface area contributed by atoms with Crippen LogP contribution in [0.3, 0.4) is 0 Å². The molecule has 0 saturated carbocycles. The monoisotopic (exact) mass is 374 g/mol. The van der Waals surface area contributed by atoms with Crippen molar-refractivity contribution in [2.75, 3.05) is 12.4 Å². The van der Waals surface area contributed by atoms with Gasteiger partial charge < -0.3 is 15.4 Å². The van der Waals surface area contributed by atoms with Crippen LogP contribution >= 0.6 is 11.3 Å². The Morgan fingerprint density at radius 2 is 1.88 bits per heavy atom. The van der Waals surface area contributed by atoms with Crippen LogP contribution in [0.5, 0.6) is 0 Å². The number of thiophene rings is 1. The van der Waals surface area contributed by atoms with Crippen LogP contribution in [-0.2, 0) is 9.53 Å². The molecule has 0 aliphatic carbocycles. The molecule has 26 heavy (non-hydrogen) atoms. The molecule has 0 bridgehead atoms. The van der Waals surface area contributed by atoms with Gasteiger partial charge in [-0.3, -0.25) is 9.59 Å². The number of ether oxygens (including phenoxy) is 1. The number of amides is 2. The third-order valence-corrected chi connectivity index (χ3v) is 4.77. The van der Waals surface area contributed by atoms with E-state index >= 15 is 0 Å². The van der Waals surface area contributed by atoms with Gasteiger partial charge in [0.15, 0.2) is 0 Å². The van der Waals surface area contributed by atoms with Crippen molar-refractivity contribution in [3.63, 3.8) is 0 Å². The van der Waals surface area contributed by atoms with Gasteiger partial charge in [0.1, 0.15) is 6.04 Å². The summed E-state index contributed by atoms with van der Waals surface area (Å²) in [5.74, 6) is -1.21. The molecule has 2 N–H and O–H groups in total. The van der Waals surface area contributed by atoms with Gasteiger partial charge in [0.2, 0.25) is 5.91 Å². The molecule has 6 nitrogen and oxygen atoms in total. The fourth-order valence-electron chi connectivity index (χ4n) is 2.37. The van der Waals surface area contributed by atoms with Gasteiger partial charge in [0.05, 0.1) is 17.6 Å². The van der Waals surface area contributed by atoms with E-state index in [1.165, 1.54) is 18.4 Å². The van der Waals surface area contributed by atoms with E-state index in [0.29, 0.717) is 16.1 Å². The molecule has 1 unspecified atom stereocenters. The first-order valence-electron chi connectivity index (χ1n) is 8.17. The summed E-state index contributed by atoms with van der Waals surface area (Å²) in [5.41, 5.74) is 1.66. The first-order valence-corrected chi connectivity index (χ1v) is 9.05. The topological polar surface area (TPSA) is 84.5 Å². The molecular weight excluding hydrogens is 352 g/mol. The van der Waals surface area contributed by atoms with Gasteiger partial charge in [0, 0.05) is 5.69 Å². The van der Waals surface area contributed by atoms with E-state index in [4.69, 9.17) is 4.74 Å². The molecule has 0 saturated heterocycles. The Labute approximate surface area is 156 Å². The highest BCUT2D eigenvalue weighted by Crippen LogP contribution is 2.19. The Bertz CT molecular complexity index is 800. The lowest BCUT2D eigenvalue weighted by Gasteiger charge is -2.22. The van der Waals surface area contributed by atoms with Gasteiger partial charge in [-0.2, -0.15) is 0 Å². The van der Waals surface area contributed by atoms with E-state index < -0.39 is 12.0 Å². The van der Waals surface area contributed by atoms with Crippen LogP contribution in [0.15, 0.2) is 35.7 Å². The Kier molecular flexibility index (Phi) is 6.52. The lowest BCUT2D eigenvalue weighted by Crippen LogP contribution is -2.47. The maximum absolute atomic E-state index is 12.7. The van der Waals surface area contributed by atoms with Crippen molar-refractivity contribution in [1.29, 1.82) is 0 Å². The minimum absolute atomic E-state index is 0.108. The number of esters is 1. The summed E-state index contributed by atoms with van der Waals surface area (Å²) in [6.07, 6.45) is 0. The highest BCUT2D eigenvalue weighted by Gasteiger charge is 2.25. The Morgan fingerprint density at radius 1 is 1.15 bits per heavy atom. The standard InChI is InChI=1S/C19H22N2O4S/c1-11(2)16(21-17(22)15-6-5-9-26-15)18(23)20-14-10-13(19(24)25-4)8-7-12(14)3/h5-11,16H,1-4H3,(H,20,23)(H,21,22). The number of anilines is 1. The van der Waals surface area contributed by atoms with E-state index in [2.05, 4.69) is 10.6 Å².